The van der Waals surface area contributed by atoms with Crippen LogP contribution in [0.15, 0.2) is 24.3 Å². The molecular formula is C15H13F3N2O3S. The van der Waals surface area contributed by atoms with E-state index >= 15 is 0 Å². The summed E-state index contributed by atoms with van der Waals surface area (Å²) in [6, 6.07) is 3.83. The molecule has 2 heterocycles. The van der Waals surface area contributed by atoms with Crippen molar-refractivity contribution in [1.82, 2.24) is 9.80 Å². The third-order valence-electron chi connectivity index (χ3n) is 4.04. The van der Waals surface area contributed by atoms with Crippen LogP contribution in [0.3, 0.4) is 0 Å². The highest BCUT2D eigenvalue weighted by atomic mass is 32.2. The van der Waals surface area contributed by atoms with Crippen molar-refractivity contribution in [3.63, 3.8) is 0 Å². The fourth-order valence-electron chi connectivity index (χ4n) is 2.87. The number of amides is 3. The van der Waals surface area contributed by atoms with Gasteiger partial charge in [-0.2, -0.15) is 13.2 Å². The van der Waals surface area contributed by atoms with Gasteiger partial charge in [-0.15, -0.1) is 0 Å². The molecule has 128 valence electrons. The molecule has 2 fully saturated rings. The van der Waals surface area contributed by atoms with Gasteiger partial charge in [0.15, 0.2) is 0 Å². The predicted octanol–water partition coefficient (Wildman–Crippen LogP) is 2.62. The summed E-state index contributed by atoms with van der Waals surface area (Å²) in [5, 5.41) is -0.335. The summed E-state index contributed by atoms with van der Waals surface area (Å²) in [7, 11) is 0. The first-order valence-electron chi connectivity index (χ1n) is 7.23. The molecule has 3 amide bonds. The molecule has 0 saturated carbocycles. The Morgan fingerprint density at radius 1 is 1.25 bits per heavy atom. The monoisotopic (exact) mass is 358 g/mol. The van der Waals surface area contributed by atoms with E-state index < -0.39 is 23.7 Å². The fourth-order valence-corrected chi connectivity index (χ4v) is 3.64. The first kappa shape index (κ1) is 16.8. The Bertz CT molecular complexity index is 691. The van der Waals surface area contributed by atoms with Crippen LogP contribution in [0.2, 0.25) is 0 Å². The molecule has 0 radical (unpaired) electrons. The van der Waals surface area contributed by atoms with Crippen molar-refractivity contribution in [2.24, 2.45) is 0 Å². The van der Waals surface area contributed by atoms with Crippen molar-refractivity contribution in [2.75, 3.05) is 18.8 Å². The molecule has 0 spiro atoms. The molecule has 0 aliphatic carbocycles. The molecule has 5 nitrogen and oxygen atoms in total. The number of likely N-dealkylation sites (tertiary alicyclic amines) is 1. The topological polar surface area (TPSA) is 57.7 Å². The van der Waals surface area contributed by atoms with E-state index in [1.807, 2.05) is 0 Å². The molecule has 0 bridgehead atoms. The van der Waals surface area contributed by atoms with Crippen molar-refractivity contribution in [1.29, 1.82) is 0 Å². The Kier molecular flexibility index (Phi) is 4.29. The Labute approximate surface area is 139 Å². The summed E-state index contributed by atoms with van der Waals surface area (Å²) >= 11 is 0.920. The summed E-state index contributed by atoms with van der Waals surface area (Å²) in [5.74, 6) is -0.726. The molecule has 3 rings (SSSR count). The molecule has 0 N–H and O–H groups in total. The molecule has 1 aromatic rings. The average molecular weight is 358 g/mol. The van der Waals surface area contributed by atoms with Gasteiger partial charge in [0, 0.05) is 18.7 Å². The second-order valence-electron chi connectivity index (χ2n) is 5.59. The van der Waals surface area contributed by atoms with Gasteiger partial charge in [-0.05, 0) is 24.6 Å². The Balaban J connectivity index is 1.73. The maximum Gasteiger partial charge on any atom is 0.416 e. The molecule has 0 aromatic heterocycles. The molecule has 1 atom stereocenters. The number of thioether (sulfide) groups is 1. The zero-order chi connectivity index (χ0) is 17.5. The third kappa shape index (κ3) is 3.12. The second-order valence-corrected chi connectivity index (χ2v) is 6.52. The number of carbonyl (C=O) groups is 3. The minimum absolute atomic E-state index is 0.0566. The van der Waals surface area contributed by atoms with Crippen molar-refractivity contribution in [2.45, 2.75) is 18.6 Å². The van der Waals surface area contributed by atoms with Gasteiger partial charge >= 0.3 is 6.18 Å². The van der Waals surface area contributed by atoms with Gasteiger partial charge in [-0.3, -0.25) is 19.3 Å². The van der Waals surface area contributed by atoms with Gasteiger partial charge in [0.1, 0.15) is 0 Å². The molecule has 2 aliphatic heterocycles. The van der Waals surface area contributed by atoms with Gasteiger partial charge < -0.3 is 4.90 Å². The van der Waals surface area contributed by atoms with Crippen LogP contribution in [-0.2, 0) is 11.0 Å². The smallest absolute Gasteiger partial charge is 0.336 e. The van der Waals surface area contributed by atoms with E-state index in [0.29, 0.717) is 13.0 Å². The van der Waals surface area contributed by atoms with Gasteiger partial charge in [0.2, 0.25) is 5.91 Å². The van der Waals surface area contributed by atoms with Crippen LogP contribution >= 0.6 is 11.8 Å². The van der Waals surface area contributed by atoms with Crippen molar-refractivity contribution >= 4 is 28.8 Å². The van der Waals surface area contributed by atoms with E-state index in [9.17, 15) is 27.6 Å². The van der Waals surface area contributed by atoms with Crippen LogP contribution in [0.5, 0.6) is 0 Å². The molecular weight excluding hydrogens is 345 g/mol. The number of nitrogens with zero attached hydrogens (tertiary/aromatic N) is 2. The predicted molar refractivity (Wildman–Crippen MR) is 80.5 cm³/mol. The van der Waals surface area contributed by atoms with E-state index in [2.05, 4.69) is 0 Å². The number of hydrogen-bond acceptors (Lipinski definition) is 4. The van der Waals surface area contributed by atoms with Gasteiger partial charge in [-0.25, -0.2) is 0 Å². The lowest BCUT2D eigenvalue weighted by atomic mass is 10.1. The van der Waals surface area contributed by atoms with E-state index in [0.717, 1.165) is 28.8 Å². The maximum absolute atomic E-state index is 12.8. The lowest BCUT2D eigenvalue weighted by Gasteiger charge is -2.22. The standard InChI is InChI=1S/C15H13F3N2O3S/c16-15(17,18)10-3-1-2-9(6-10)13(22)19-5-4-11(7-19)20-12(21)8-24-14(20)23/h1-3,6,11H,4-5,7-8H2. The van der Waals surface area contributed by atoms with E-state index in [-0.39, 0.29) is 29.0 Å². The highest BCUT2D eigenvalue weighted by Gasteiger charge is 2.40. The molecule has 2 saturated heterocycles. The molecule has 24 heavy (non-hydrogen) atoms. The number of benzene rings is 1. The van der Waals surface area contributed by atoms with Crippen molar-refractivity contribution in [3.8, 4) is 0 Å². The third-order valence-corrected chi connectivity index (χ3v) is 4.87. The van der Waals surface area contributed by atoms with Gasteiger partial charge in [0.25, 0.3) is 11.1 Å². The Morgan fingerprint density at radius 2 is 2.00 bits per heavy atom. The SMILES string of the molecule is O=C(c1cccc(C(F)(F)F)c1)N1CCC(N2C(=O)CSC2=O)C1. The van der Waals surface area contributed by atoms with Crippen LogP contribution in [0.4, 0.5) is 18.0 Å². The first-order valence-corrected chi connectivity index (χ1v) is 8.21. The first-order chi connectivity index (χ1) is 11.3. The summed E-state index contributed by atoms with van der Waals surface area (Å²) in [6.45, 7) is 0.439. The molecule has 2 aliphatic rings. The van der Waals surface area contributed by atoms with Crippen molar-refractivity contribution < 1.29 is 27.6 Å². The summed E-state index contributed by atoms with van der Waals surface area (Å²) in [5.41, 5.74) is -0.940. The number of carbonyl (C=O) groups excluding carboxylic acids is 3. The summed E-state index contributed by atoms with van der Waals surface area (Å²) in [6.07, 6.45) is -4.09. The molecule has 9 heteroatoms. The zero-order valence-corrected chi connectivity index (χ0v) is 13.2. The van der Waals surface area contributed by atoms with Gasteiger partial charge in [-0.1, -0.05) is 17.8 Å². The lowest BCUT2D eigenvalue weighted by molar-refractivity contribution is -0.137. The number of imide groups is 1. The summed E-state index contributed by atoms with van der Waals surface area (Å²) in [4.78, 5) is 38.4. The average Bonchev–Trinajstić information content (AvgIpc) is 3.13. The number of rotatable bonds is 2. The van der Waals surface area contributed by atoms with Crippen LogP contribution in [0.25, 0.3) is 0 Å². The normalized spacial score (nSPS) is 21.7. The van der Waals surface area contributed by atoms with Crippen LogP contribution in [0.1, 0.15) is 22.3 Å². The zero-order valence-electron chi connectivity index (χ0n) is 12.4. The van der Waals surface area contributed by atoms with Crippen LogP contribution in [0, 0.1) is 0 Å². The summed E-state index contributed by atoms with van der Waals surface area (Å²) < 4.78 is 38.3. The van der Waals surface area contributed by atoms with Gasteiger partial charge in [0.05, 0.1) is 17.4 Å². The quantitative estimate of drug-likeness (QED) is 0.816. The fraction of sp³-hybridized carbons (Fsp3) is 0.400. The van der Waals surface area contributed by atoms with Crippen LogP contribution in [-0.4, -0.2) is 51.7 Å². The minimum Gasteiger partial charge on any atom is -0.336 e. The maximum atomic E-state index is 12.8. The Hall–Kier alpha value is -2.03. The number of hydrogen-bond donors (Lipinski definition) is 0. The van der Waals surface area contributed by atoms with Crippen molar-refractivity contribution in [3.05, 3.63) is 35.4 Å². The highest BCUT2D eigenvalue weighted by molar-refractivity contribution is 8.14. The highest BCUT2D eigenvalue weighted by Crippen LogP contribution is 2.31. The largest absolute Gasteiger partial charge is 0.416 e. The molecule has 1 unspecified atom stereocenters. The Morgan fingerprint density at radius 3 is 2.62 bits per heavy atom. The minimum atomic E-state index is -4.52. The van der Waals surface area contributed by atoms with E-state index in [1.54, 1.807) is 0 Å². The number of halogens is 3. The number of alkyl halides is 3. The lowest BCUT2D eigenvalue weighted by Crippen LogP contribution is -2.41. The molecule has 1 aromatic carbocycles. The van der Waals surface area contributed by atoms with E-state index in [4.69, 9.17) is 0 Å². The van der Waals surface area contributed by atoms with E-state index in [1.165, 1.54) is 17.0 Å². The van der Waals surface area contributed by atoms with Crippen LogP contribution < -0.4 is 0 Å². The second kappa shape index (κ2) is 6.12.